The van der Waals surface area contributed by atoms with Gasteiger partial charge in [0.1, 0.15) is 5.82 Å². The Morgan fingerprint density at radius 1 is 1.33 bits per heavy atom. The number of hydrogen-bond donors (Lipinski definition) is 2. The minimum Gasteiger partial charge on any atom is -0.367 e. The van der Waals surface area contributed by atoms with Gasteiger partial charge >= 0.3 is 0 Å². The molecule has 1 aliphatic rings. The Kier molecular flexibility index (Phi) is 5.52. The van der Waals surface area contributed by atoms with Gasteiger partial charge in [0.25, 0.3) is 0 Å². The number of hydrogen-bond acceptors (Lipinski definition) is 4. The van der Waals surface area contributed by atoms with Crippen molar-refractivity contribution < 1.29 is 9.18 Å². The van der Waals surface area contributed by atoms with E-state index in [1.165, 1.54) is 6.07 Å². The molecule has 1 unspecified atom stereocenters. The first-order valence-electron chi connectivity index (χ1n) is 7.30. The zero-order valence-corrected chi connectivity index (χ0v) is 12.4. The van der Waals surface area contributed by atoms with Crippen LogP contribution in [0.2, 0.25) is 0 Å². The van der Waals surface area contributed by atoms with Crippen LogP contribution in [0.3, 0.4) is 0 Å². The smallest absolute Gasteiger partial charge is 0.221 e. The summed E-state index contributed by atoms with van der Waals surface area (Å²) in [6.07, 6.45) is 0.409. The molecule has 1 aromatic carbocycles. The number of halogens is 1. The molecule has 2 rings (SSSR count). The standard InChI is InChI=1S/C15H23FN4O/c1-18-15(21)10-12(11-17)19-6-8-20(9-7-19)14-5-3-2-4-13(14)16/h2-5,12H,6-11,17H2,1H3,(H,18,21). The topological polar surface area (TPSA) is 61.6 Å². The lowest BCUT2D eigenvalue weighted by atomic mass is 10.1. The molecule has 6 heteroatoms. The van der Waals surface area contributed by atoms with Crippen molar-refractivity contribution in [3.63, 3.8) is 0 Å². The van der Waals surface area contributed by atoms with Gasteiger partial charge in [-0.15, -0.1) is 0 Å². The molecule has 21 heavy (non-hydrogen) atoms. The van der Waals surface area contributed by atoms with E-state index in [-0.39, 0.29) is 17.8 Å². The van der Waals surface area contributed by atoms with Gasteiger partial charge in [0.05, 0.1) is 5.69 Å². The van der Waals surface area contributed by atoms with Crippen molar-refractivity contribution in [3.8, 4) is 0 Å². The summed E-state index contributed by atoms with van der Waals surface area (Å²) in [7, 11) is 1.63. The maximum Gasteiger partial charge on any atom is 0.221 e. The van der Waals surface area contributed by atoms with Crippen LogP contribution in [0.5, 0.6) is 0 Å². The minimum atomic E-state index is -0.188. The molecule has 1 fully saturated rings. The average Bonchev–Trinajstić information content (AvgIpc) is 2.53. The first kappa shape index (κ1) is 15.7. The predicted molar refractivity (Wildman–Crippen MR) is 81.7 cm³/mol. The first-order valence-corrected chi connectivity index (χ1v) is 7.30. The molecule has 0 bridgehead atoms. The second kappa shape index (κ2) is 7.38. The van der Waals surface area contributed by atoms with Gasteiger partial charge in [0.15, 0.2) is 0 Å². The number of anilines is 1. The minimum absolute atomic E-state index is 0.00184. The van der Waals surface area contributed by atoms with Crippen molar-refractivity contribution in [1.82, 2.24) is 10.2 Å². The fourth-order valence-corrected chi connectivity index (χ4v) is 2.71. The van der Waals surface area contributed by atoms with Gasteiger partial charge in [-0.1, -0.05) is 12.1 Å². The highest BCUT2D eigenvalue weighted by Gasteiger charge is 2.25. The second-order valence-corrected chi connectivity index (χ2v) is 5.24. The van der Waals surface area contributed by atoms with Crippen LogP contribution in [0.25, 0.3) is 0 Å². The third-order valence-corrected chi connectivity index (χ3v) is 4.00. The van der Waals surface area contributed by atoms with Gasteiger partial charge in [0, 0.05) is 52.2 Å². The Hall–Kier alpha value is -1.66. The maximum absolute atomic E-state index is 13.8. The molecule has 116 valence electrons. The van der Waals surface area contributed by atoms with E-state index in [4.69, 9.17) is 5.73 Å². The third kappa shape index (κ3) is 3.92. The number of benzene rings is 1. The Morgan fingerprint density at radius 3 is 2.57 bits per heavy atom. The van der Waals surface area contributed by atoms with Gasteiger partial charge in [-0.25, -0.2) is 4.39 Å². The van der Waals surface area contributed by atoms with Crippen molar-refractivity contribution in [1.29, 1.82) is 0 Å². The second-order valence-electron chi connectivity index (χ2n) is 5.24. The van der Waals surface area contributed by atoms with Crippen LogP contribution in [0.1, 0.15) is 6.42 Å². The van der Waals surface area contributed by atoms with Crippen LogP contribution in [0.15, 0.2) is 24.3 Å². The van der Waals surface area contributed by atoms with Crippen LogP contribution in [-0.2, 0) is 4.79 Å². The van der Waals surface area contributed by atoms with E-state index in [0.717, 1.165) is 26.2 Å². The van der Waals surface area contributed by atoms with Crippen LogP contribution in [-0.4, -0.2) is 56.6 Å². The van der Waals surface area contributed by atoms with Crippen LogP contribution in [0.4, 0.5) is 10.1 Å². The molecule has 1 atom stereocenters. The highest BCUT2D eigenvalue weighted by atomic mass is 19.1. The predicted octanol–water partition coefficient (Wildman–Crippen LogP) is 0.411. The Balaban J connectivity index is 1.93. The van der Waals surface area contributed by atoms with Crippen molar-refractivity contribution in [2.24, 2.45) is 5.73 Å². The van der Waals surface area contributed by atoms with Crippen LogP contribution >= 0.6 is 0 Å². The summed E-state index contributed by atoms with van der Waals surface area (Å²) in [5.41, 5.74) is 6.43. The summed E-state index contributed by atoms with van der Waals surface area (Å²) < 4.78 is 13.8. The fraction of sp³-hybridized carbons (Fsp3) is 0.533. The molecule has 0 saturated carbocycles. The van der Waals surface area contributed by atoms with E-state index >= 15 is 0 Å². The van der Waals surface area contributed by atoms with Gasteiger partial charge in [-0.3, -0.25) is 9.69 Å². The summed E-state index contributed by atoms with van der Waals surface area (Å²) in [6.45, 7) is 3.50. The highest BCUT2D eigenvalue weighted by molar-refractivity contribution is 5.76. The highest BCUT2D eigenvalue weighted by Crippen LogP contribution is 2.21. The normalized spacial score (nSPS) is 17.6. The monoisotopic (exact) mass is 294 g/mol. The lowest BCUT2D eigenvalue weighted by Crippen LogP contribution is -2.53. The summed E-state index contributed by atoms with van der Waals surface area (Å²) >= 11 is 0. The van der Waals surface area contributed by atoms with Crippen molar-refractivity contribution in [2.75, 3.05) is 44.7 Å². The molecule has 5 nitrogen and oxygen atoms in total. The number of rotatable bonds is 5. The molecule has 0 radical (unpaired) electrons. The van der Waals surface area contributed by atoms with Gasteiger partial charge in [-0.05, 0) is 12.1 Å². The fourth-order valence-electron chi connectivity index (χ4n) is 2.71. The van der Waals surface area contributed by atoms with Crippen LogP contribution in [0, 0.1) is 5.82 Å². The number of piperazine rings is 1. The molecule has 0 aromatic heterocycles. The van der Waals surface area contributed by atoms with Gasteiger partial charge < -0.3 is 16.0 Å². The number of carbonyl (C=O) groups excluding carboxylic acids is 1. The van der Waals surface area contributed by atoms with E-state index < -0.39 is 0 Å². The summed E-state index contributed by atoms with van der Waals surface area (Å²) in [4.78, 5) is 15.8. The van der Waals surface area contributed by atoms with E-state index in [9.17, 15) is 9.18 Å². The van der Waals surface area contributed by atoms with Crippen molar-refractivity contribution in [2.45, 2.75) is 12.5 Å². The Labute approximate surface area is 124 Å². The van der Waals surface area contributed by atoms with Crippen molar-refractivity contribution in [3.05, 3.63) is 30.1 Å². The Morgan fingerprint density at radius 2 is 2.00 bits per heavy atom. The number of nitrogens with zero attached hydrogens (tertiary/aromatic N) is 2. The molecule has 3 N–H and O–H groups in total. The molecule has 0 spiro atoms. The van der Waals surface area contributed by atoms with E-state index in [1.54, 1.807) is 19.2 Å². The van der Waals surface area contributed by atoms with E-state index in [0.29, 0.717) is 18.7 Å². The maximum atomic E-state index is 13.8. The number of amides is 1. The van der Waals surface area contributed by atoms with Crippen molar-refractivity contribution >= 4 is 11.6 Å². The summed E-state index contributed by atoms with van der Waals surface area (Å²) in [5.74, 6) is -0.186. The Bertz CT molecular complexity index is 474. The molecular weight excluding hydrogens is 271 g/mol. The summed E-state index contributed by atoms with van der Waals surface area (Å²) in [5, 5.41) is 2.63. The van der Waals surface area contributed by atoms with Gasteiger partial charge in [-0.2, -0.15) is 0 Å². The van der Waals surface area contributed by atoms with Crippen LogP contribution < -0.4 is 16.0 Å². The molecule has 1 amide bonds. The SMILES string of the molecule is CNC(=O)CC(CN)N1CCN(c2ccccc2F)CC1. The molecule has 1 saturated heterocycles. The molecule has 1 aliphatic heterocycles. The number of nitrogens with two attached hydrogens (primary N) is 1. The zero-order valence-electron chi connectivity index (χ0n) is 12.4. The van der Waals surface area contributed by atoms with Gasteiger partial charge in [0.2, 0.25) is 5.91 Å². The van der Waals surface area contributed by atoms with E-state index in [2.05, 4.69) is 10.2 Å². The summed E-state index contributed by atoms with van der Waals surface area (Å²) in [6, 6.07) is 6.88. The number of para-hydroxylation sites is 1. The molecule has 1 aromatic rings. The molecule has 0 aliphatic carbocycles. The number of nitrogens with one attached hydrogen (secondary N) is 1. The lowest BCUT2D eigenvalue weighted by Gasteiger charge is -2.39. The third-order valence-electron chi connectivity index (χ3n) is 4.00. The average molecular weight is 294 g/mol. The first-order chi connectivity index (χ1) is 10.2. The zero-order chi connectivity index (χ0) is 15.2. The molecule has 1 heterocycles. The largest absolute Gasteiger partial charge is 0.367 e. The number of carbonyl (C=O) groups is 1. The molecular formula is C15H23FN4O. The quantitative estimate of drug-likeness (QED) is 0.826. The van der Waals surface area contributed by atoms with E-state index in [1.807, 2.05) is 11.0 Å². The lowest BCUT2D eigenvalue weighted by molar-refractivity contribution is -0.121.